The minimum Gasteiger partial charge on any atom is -0.481 e. The van der Waals surface area contributed by atoms with E-state index in [1.807, 2.05) is 0 Å². The van der Waals surface area contributed by atoms with Crippen molar-refractivity contribution in [2.75, 3.05) is 20.1 Å². The minimum atomic E-state index is -0.920. The lowest BCUT2D eigenvalue weighted by atomic mass is 9.79. The molecule has 1 aliphatic rings. The van der Waals surface area contributed by atoms with Crippen LogP contribution in [0.5, 0.6) is 0 Å². The summed E-state index contributed by atoms with van der Waals surface area (Å²) >= 11 is 0. The van der Waals surface area contributed by atoms with Crippen LogP contribution in [0.4, 0.5) is 4.79 Å². The zero-order valence-corrected chi connectivity index (χ0v) is 11.6. The van der Waals surface area contributed by atoms with E-state index in [1.165, 1.54) is 4.90 Å². The third-order valence-corrected chi connectivity index (χ3v) is 4.07. The lowest BCUT2D eigenvalue weighted by molar-refractivity contribution is -0.143. The van der Waals surface area contributed by atoms with Crippen molar-refractivity contribution in [3.05, 3.63) is 0 Å². The second-order valence-corrected chi connectivity index (χ2v) is 5.40. The predicted molar refractivity (Wildman–Crippen MR) is 71.2 cm³/mol. The molecule has 0 radical (unpaired) electrons. The topological polar surface area (TPSA) is 89.9 Å². The van der Waals surface area contributed by atoms with Gasteiger partial charge < -0.3 is 20.4 Å². The van der Waals surface area contributed by atoms with Crippen molar-refractivity contribution >= 4 is 12.1 Å². The van der Waals surface area contributed by atoms with E-state index in [-0.39, 0.29) is 5.92 Å². The van der Waals surface area contributed by atoms with Crippen molar-refractivity contribution in [3.63, 3.8) is 0 Å². The van der Waals surface area contributed by atoms with Crippen molar-refractivity contribution in [1.29, 1.82) is 0 Å². The number of nitrogens with zero attached hydrogens (tertiary/aromatic N) is 1. The molecule has 0 bridgehead atoms. The lowest BCUT2D eigenvalue weighted by Gasteiger charge is -2.31. The summed E-state index contributed by atoms with van der Waals surface area (Å²) in [7, 11) is 1.55. The molecule has 110 valence electrons. The number of rotatable bonds is 6. The minimum absolute atomic E-state index is 0.179. The highest BCUT2D eigenvalue weighted by Crippen LogP contribution is 2.30. The van der Waals surface area contributed by atoms with Crippen LogP contribution < -0.4 is 5.32 Å². The summed E-state index contributed by atoms with van der Waals surface area (Å²) in [5.41, 5.74) is 0. The van der Waals surface area contributed by atoms with Crippen LogP contribution in [-0.4, -0.2) is 53.4 Å². The van der Waals surface area contributed by atoms with E-state index in [9.17, 15) is 9.59 Å². The van der Waals surface area contributed by atoms with Gasteiger partial charge >= 0.3 is 12.1 Å². The Hall–Kier alpha value is -1.30. The molecule has 1 unspecified atom stereocenters. The molecule has 0 aromatic rings. The maximum atomic E-state index is 10.9. The van der Waals surface area contributed by atoms with Crippen molar-refractivity contribution in [1.82, 2.24) is 10.2 Å². The molecule has 0 aliphatic heterocycles. The standard InChI is InChI=1S/C13H24N2O4/c1-9(14-7-8-15(2)13(18)19)10-3-5-11(6-4-10)12(16)17/h9-11,14H,3-8H2,1-2H3,(H,16,17)(H,18,19). The molecule has 6 heteroatoms. The number of hydrogen-bond acceptors (Lipinski definition) is 3. The Balaban J connectivity index is 2.22. The maximum Gasteiger partial charge on any atom is 0.407 e. The molecule has 3 N–H and O–H groups in total. The van der Waals surface area contributed by atoms with Crippen LogP contribution in [0.1, 0.15) is 32.6 Å². The summed E-state index contributed by atoms with van der Waals surface area (Å²) in [5, 5.41) is 21.0. The summed E-state index contributed by atoms with van der Waals surface area (Å²) in [6, 6.07) is 0.303. The number of likely N-dealkylation sites (N-methyl/N-ethyl adjacent to an activating group) is 1. The smallest absolute Gasteiger partial charge is 0.407 e. The van der Waals surface area contributed by atoms with Crippen LogP contribution >= 0.6 is 0 Å². The number of hydrogen-bond donors (Lipinski definition) is 3. The van der Waals surface area contributed by atoms with Crippen molar-refractivity contribution in [2.45, 2.75) is 38.6 Å². The Morgan fingerprint density at radius 3 is 2.32 bits per heavy atom. The molecule has 0 aromatic heterocycles. The quantitative estimate of drug-likeness (QED) is 0.681. The lowest BCUT2D eigenvalue weighted by Crippen LogP contribution is -2.41. The largest absolute Gasteiger partial charge is 0.481 e. The van der Waals surface area contributed by atoms with Gasteiger partial charge in [0.15, 0.2) is 0 Å². The molecule has 0 spiro atoms. The molecule has 6 nitrogen and oxygen atoms in total. The molecule has 19 heavy (non-hydrogen) atoms. The first-order chi connectivity index (χ1) is 8.91. The fraction of sp³-hybridized carbons (Fsp3) is 0.846. The van der Waals surface area contributed by atoms with E-state index < -0.39 is 12.1 Å². The Labute approximate surface area is 113 Å². The zero-order valence-electron chi connectivity index (χ0n) is 11.6. The number of carboxylic acids is 1. The third-order valence-electron chi connectivity index (χ3n) is 4.07. The van der Waals surface area contributed by atoms with Gasteiger partial charge in [-0.1, -0.05) is 0 Å². The molecule has 1 saturated carbocycles. The van der Waals surface area contributed by atoms with E-state index in [0.29, 0.717) is 25.0 Å². The van der Waals surface area contributed by atoms with Gasteiger partial charge in [-0.3, -0.25) is 4.79 Å². The van der Waals surface area contributed by atoms with E-state index in [0.717, 1.165) is 25.7 Å². The molecule has 0 aromatic carbocycles. The first-order valence-corrected chi connectivity index (χ1v) is 6.82. The number of carbonyl (C=O) groups is 2. The summed E-state index contributed by atoms with van der Waals surface area (Å²) < 4.78 is 0. The predicted octanol–water partition coefficient (Wildman–Crippen LogP) is 1.47. The summed E-state index contributed by atoms with van der Waals surface area (Å²) in [5.74, 6) is -0.366. The number of amides is 1. The molecular formula is C13H24N2O4. The van der Waals surface area contributed by atoms with Gasteiger partial charge in [-0.2, -0.15) is 0 Å². The first-order valence-electron chi connectivity index (χ1n) is 6.82. The molecule has 1 aliphatic carbocycles. The first kappa shape index (κ1) is 15.8. The fourth-order valence-electron chi connectivity index (χ4n) is 2.59. The Bertz CT molecular complexity index is 314. The van der Waals surface area contributed by atoms with Crippen LogP contribution in [0.15, 0.2) is 0 Å². The van der Waals surface area contributed by atoms with Gasteiger partial charge in [-0.15, -0.1) is 0 Å². The zero-order chi connectivity index (χ0) is 14.4. The number of carboxylic acid groups (broad SMARTS) is 2. The molecule has 1 rings (SSSR count). The van der Waals surface area contributed by atoms with Gasteiger partial charge in [-0.25, -0.2) is 4.79 Å². The highest BCUT2D eigenvalue weighted by Gasteiger charge is 2.28. The van der Waals surface area contributed by atoms with Crippen molar-refractivity contribution in [3.8, 4) is 0 Å². The summed E-state index contributed by atoms with van der Waals surface area (Å²) in [6.07, 6.45) is 2.44. The van der Waals surface area contributed by atoms with Crippen molar-refractivity contribution < 1.29 is 19.8 Å². The average molecular weight is 272 g/mol. The average Bonchev–Trinajstić information content (AvgIpc) is 2.38. The highest BCUT2D eigenvalue weighted by atomic mass is 16.4. The van der Waals surface area contributed by atoms with Crippen LogP contribution in [0.3, 0.4) is 0 Å². The van der Waals surface area contributed by atoms with Crippen LogP contribution in [0, 0.1) is 11.8 Å². The number of aliphatic carboxylic acids is 1. The van der Waals surface area contributed by atoms with E-state index >= 15 is 0 Å². The van der Waals surface area contributed by atoms with E-state index in [1.54, 1.807) is 7.05 Å². The van der Waals surface area contributed by atoms with Gasteiger partial charge in [0.05, 0.1) is 5.92 Å². The third kappa shape index (κ3) is 5.06. The van der Waals surface area contributed by atoms with Gasteiger partial charge in [-0.05, 0) is 38.5 Å². The van der Waals surface area contributed by atoms with Gasteiger partial charge in [0.1, 0.15) is 0 Å². The monoisotopic (exact) mass is 272 g/mol. The highest BCUT2D eigenvalue weighted by molar-refractivity contribution is 5.70. The van der Waals surface area contributed by atoms with Crippen LogP contribution in [0.25, 0.3) is 0 Å². The molecule has 1 amide bonds. The molecular weight excluding hydrogens is 248 g/mol. The Morgan fingerprint density at radius 1 is 1.26 bits per heavy atom. The van der Waals surface area contributed by atoms with Crippen LogP contribution in [-0.2, 0) is 4.79 Å². The SMILES string of the molecule is CC(NCCN(C)C(=O)O)C1CCC(C(=O)O)CC1. The fourth-order valence-corrected chi connectivity index (χ4v) is 2.59. The summed E-state index contributed by atoms with van der Waals surface area (Å²) in [4.78, 5) is 22.7. The normalized spacial score (nSPS) is 24.7. The summed E-state index contributed by atoms with van der Waals surface area (Å²) in [6.45, 7) is 3.18. The van der Waals surface area contributed by atoms with Crippen molar-refractivity contribution in [2.24, 2.45) is 11.8 Å². The van der Waals surface area contributed by atoms with E-state index in [2.05, 4.69) is 12.2 Å². The number of nitrogens with one attached hydrogen (secondary N) is 1. The van der Waals surface area contributed by atoms with Gasteiger partial charge in [0.2, 0.25) is 0 Å². The molecule has 0 heterocycles. The Morgan fingerprint density at radius 2 is 1.84 bits per heavy atom. The van der Waals surface area contributed by atoms with E-state index in [4.69, 9.17) is 10.2 Å². The second kappa shape index (κ2) is 7.33. The maximum absolute atomic E-state index is 10.9. The Kier molecular flexibility index (Phi) is 6.08. The second-order valence-electron chi connectivity index (χ2n) is 5.40. The molecule has 1 atom stereocenters. The molecule has 0 saturated heterocycles. The van der Waals surface area contributed by atoms with Gasteiger partial charge in [0, 0.05) is 26.2 Å². The van der Waals surface area contributed by atoms with Gasteiger partial charge in [0.25, 0.3) is 0 Å². The molecule has 1 fully saturated rings. The van der Waals surface area contributed by atoms with Crippen LogP contribution in [0.2, 0.25) is 0 Å².